The van der Waals surface area contributed by atoms with E-state index < -0.39 is 6.04 Å². The molecule has 5 rings (SSSR count). The van der Waals surface area contributed by atoms with Crippen molar-refractivity contribution in [1.82, 2.24) is 5.32 Å². The highest BCUT2D eigenvalue weighted by Gasteiger charge is 2.68. The topological polar surface area (TPSA) is 99.6 Å². The lowest BCUT2D eigenvalue weighted by Gasteiger charge is -2.64. The number of carbonyl (C=O) groups is 1. The van der Waals surface area contributed by atoms with Crippen molar-refractivity contribution in [3.05, 3.63) is 35.9 Å². The fourth-order valence-electron chi connectivity index (χ4n) is 6.29. The van der Waals surface area contributed by atoms with Gasteiger partial charge in [-0.05, 0) is 68.4 Å². The monoisotopic (exact) mass is 441 g/mol. The lowest BCUT2D eigenvalue weighted by molar-refractivity contribution is -0.199. The third-order valence-electron chi connectivity index (χ3n) is 8.54. The summed E-state index contributed by atoms with van der Waals surface area (Å²) in [6, 6.07) is 9.86. The van der Waals surface area contributed by atoms with Crippen LogP contribution in [0.3, 0.4) is 0 Å². The number of benzene rings is 1. The predicted molar refractivity (Wildman–Crippen MR) is 128 cm³/mol. The molecule has 4 fully saturated rings. The first kappa shape index (κ1) is 23.7. The maximum atomic E-state index is 12.6. The van der Waals surface area contributed by atoms with Gasteiger partial charge in [-0.25, -0.2) is 0 Å². The average molecular weight is 441 g/mol. The van der Waals surface area contributed by atoms with Crippen LogP contribution in [0, 0.1) is 17.3 Å². The van der Waals surface area contributed by atoms with Crippen molar-refractivity contribution in [3.8, 4) is 0 Å². The Balaban J connectivity index is 1.43. The molecule has 1 aromatic carbocycles. The minimum absolute atomic E-state index is 0.0281. The molecule has 32 heavy (non-hydrogen) atoms. The zero-order valence-corrected chi connectivity index (χ0v) is 19.9. The molecule has 3 aliphatic carbocycles. The van der Waals surface area contributed by atoms with Crippen LogP contribution in [-0.4, -0.2) is 43.9 Å². The molecular formula is C25H40BN3O3. The van der Waals surface area contributed by atoms with E-state index in [1.54, 1.807) is 0 Å². The van der Waals surface area contributed by atoms with Gasteiger partial charge in [0, 0.05) is 12.4 Å². The Labute approximate surface area is 193 Å². The maximum absolute atomic E-state index is 12.6. The normalized spacial score (nSPS) is 32.0. The number of carbonyl (C=O) groups excluding carboxylic acids is 1. The van der Waals surface area contributed by atoms with Crippen molar-refractivity contribution in [1.29, 1.82) is 0 Å². The molecular weight excluding hydrogens is 401 g/mol. The Hall–Kier alpha value is -1.41. The van der Waals surface area contributed by atoms with Crippen LogP contribution in [0.15, 0.2) is 30.3 Å². The highest BCUT2D eigenvalue weighted by atomic mass is 16.7. The Bertz CT molecular complexity index is 792. The minimum atomic E-state index is -0.502. The zero-order chi connectivity index (χ0) is 22.9. The summed E-state index contributed by atoms with van der Waals surface area (Å²) in [4.78, 5) is 12.6. The molecule has 1 aromatic rings. The fraction of sp³-hybridized carbons (Fsp3) is 0.720. The molecule has 1 amide bonds. The quantitative estimate of drug-likeness (QED) is 0.383. The number of unbranched alkanes of at least 4 members (excludes halogenated alkanes) is 1. The van der Waals surface area contributed by atoms with Gasteiger partial charge in [0.05, 0.1) is 17.7 Å². The fourth-order valence-corrected chi connectivity index (χ4v) is 6.29. The zero-order valence-electron chi connectivity index (χ0n) is 19.9. The van der Waals surface area contributed by atoms with Crippen molar-refractivity contribution in [2.45, 2.75) is 82.9 Å². The number of rotatable bonds is 10. The van der Waals surface area contributed by atoms with E-state index >= 15 is 0 Å². The molecule has 6 atom stereocenters. The van der Waals surface area contributed by atoms with Crippen LogP contribution in [0.4, 0.5) is 0 Å². The summed E-state index contributed by atoms with van der Waals surface area (Å²) >= 11 is 0. The van der Waals surface area contributed by atoms with E-state index in [9.17, 15) is 4.79 Å². The van der Waals surface area contributed by atoms with Crippen LogP contribution in [0.25, 0.3) is 0 Å². The van der Waals surface area contributed by atoms with Gasteiger partial charge >= 0.3 is 7.12 Å². The van der Waals surface area contributed by atoms with Crippen molar-refractivity contribution in [2.75, 3.05) is 13.1 Å². The highest BCUT2D eigenvalue weighted by Crippen LogP contribution is 2.66. The van der Waals surface area contributed by atoms with E-state index in [-0.39, 0.29) is 30.5 Å². The molecule has 3 unspecified atom stereocenters. The number of amides is 1. The van der Waals surface area contributed by atoms with Crippen molar-refractivity contribution >= 4 is 13.0 Å². The van der Waals surface area contributed by atoms with Crippen LogP contribution < -0.4 is 16.8 Å². The van der Waals surface area contributed by atoms with Gasteiger partial charge in [-0.2, -0.15) is 0 Å². The first-order chi connectivity index (χ1) is 15.3. The second kappa shape index (κ2) is 9.45. The second-order valence-corrected chi connectivity index (χ2v) is 10.9. The minimum Gasteiger partial charge on any atom is -0.405 e. The first-order valence-corrected chi connectivity index (χ1v) is 12.4. The van der Waals surface area contributed by atoms with Crippen LogP contribution in [0.2, 0.25) is 5.82 Å². The number of nitrogens with one attached hydrogen (secondary N) is 1. The summed E-state index contributed by atoms with van der Waals surface area (Å²) in [5.41, 5.74) is 12.9. The molecule has 0 aromatic heterocycles. The van der Waals surface area contributed by atoms with E-state index in [4.69, 9.17) is 20.8 Å². The van der Waals surface area contributed by atoms with Crippen LogP contribution in [-0.2, 0) is 20.5 Å². The summed E-state index contributed by atoms with van der Waals surface area (Å²) in [5.74, 6) is 1.16. The Morgan fingerprint density at radius 1 is 1.22 bits per heavy atom. The first-order valence-electron chi connectivity index (χ1n) is 12.4. The van der Waals surface area contributed by atoms with E-state index in [1.807, 2.05) is 18.2 Å². The molecule has 0 spiro atoms. The average Bonchev–Trinajstić information content (AvgIpc) is 3.14. The Morgan fingerprint density at radius 2 is 1.97 bits per heavy atom. The number of nitrogens with two attached hydrogens (primary N) is 2. The third kappa shape index (κ3) is 4.50. The molecule has 2 bridgehead atoms. The Kier molecular flexibility index (Phi) is 7.01. The van der Waals surface area contributed by atoms with Gasteiger partial charge in [0.15, 0.2) is 0 Å². The highest BCUT2D eigenvalue weighted by molar-refractivity contribution is 6.47. The molecule has 5 N–H and O–H groups in total. The maximum Gasteiger partial charge on any atom is 0.463 e. The summed E-state index contributed by atoms with van der Waals surface area (Å²) < 4.78 is 13.3. The largest absolute Gasteiger partial charge is 0.463 e. The molecule has 1 aliphatic heterocycles. The van der Waals surface area contributed by atoms with Gasteiger partial charge in [0.25, 0.3) is 0 Å². The van der Waals surface area contributed by atoms with Crippen molar-refractivity contribution in [2.24, 2.45) is 28.7 Å². The van der Waals surface area contributed by atoms with E-state index in [0.29, 0.717) is 36.8 Å². The van der Waals surface area contributed by atoms with Crippen molar-refractivity contribution in [3.63, 3.8) is 0 Å². The van der Waals surface area contributed by atoms with Crippen LogP contribution >= 0.6 is 0 Å². The molecule has 1 heterocycles. The summed E-state index contributed by atoms with van der Waals surface area (Å²) in [7, 11) is -0.325. The molecule has 176 valence electrons. The van der Waals surface area contributed by atoms with Gasteiger partial charge in [-0.3, -0.25) is 4.79 Å². The molecule has 7 heteroatoms. The molecule has 1 saturated heterocycles. The Morgan fingerprint density at radius 3 is 2.66 bits per heavy atom. The van der Waals surface area contributed by atoms with Gasteiger partial charge in [0.2, 0.25) is 5.91 Å². The van der Waals surface area contributed by atoms with Gasteiger partial charge in [0.1, 0.15) is 0 Å². The van der Waals surface area contributed by atoms with Crippen LogP contribution in [0.1, 0.15) is 58.4 Å². The SMILES string of the molecule is CC1(C)C2CC3OB([C@@H](CNC(=O)[C@H](N)CCCCN)Cc4ccccc4)O[C@]3(C)C1C2. The molecule has 0 radical (unpaired) electrons. The van der Waals surface area contributed by atoms with Gasteiger partial charge < -0.3 is 26.1 Å². The third-order valence-corrected chi connectivity index (χ3v) is 8.54. The standard InChI is InChI=1S/C25H40BN3O3/c1-24(2)18-14-21(24)25(3)22(15-18)31-26(32-25)19(13-17-9-5-4-6-10-17)16-29-23(30)20(28)11-7-8-12-27/h4-6,9-10,18-22H,7-8,11-16,27-28H2,1-3H3,(H,29,30)/t18?,19-,20-,21?,22?,25-/m1/s1. The lowest BCUT2D eigenvalue weighted by atomic mass is 9.43. The summed E-state index contributed by atoms with van der Waals surface area (Å²) in [6.45, 7) is 8.10. The van der Waals surface area contributed by atoms with E-state index in [1.165, 1.54) is 12.0 Å². The van der Waals surface area contributed by atoms with E-state index in [0.717, 1.165) is 25.7 Å². The predicted octanol–water partition coefficient (Wildman–Crippen LogP) is 2.90. The summed E-state index contributed by atoms with van der Waals surface area (Å²) in [5, 5.41) is 3.08. The number of hydrogen-bond acceptors (Lipinski definition) is 5. The second-order valence-electron chi connectivity index (χ2n) is 10.9. The van der Waals surface area contributed by atoms with Gasteiger partial charge in [-0.15, -0.1) is 0 Å². The molecule has 6 nitrogen and oxygen atoms in total. The van der Waals surface area contributed by atoms with E-state index in [2.05, 4.69) is 38.2 Å². The number of hydrogen-bond donors (Lipinski definition) is 3. The van der Waals surface area contributed by atoms with Gasteiger partial charge in [-0.1, -0.05) is 50.6 Å². The van der Waals surface area contributed by atoms with Crippen molar-refractivity contribution < 1.29 is 14.1 Å². The summed E-state index contributed by atoms with van der Waals surface area (Å²) in [6.07, 6.45) is 5.62. The lowest BCUT2D eigenvalue weighted by Crippen LogP contribution is -2.65. The molecule has 3 saturated carbocycles. The van der Waals surface area contributed by atoms with Crippen LogP contribution in [0.5, 0.6) is 0 Å². The smallest absolute Gasteiger partial charge is 0.405 e. The molecule has 4 aliphatic rings.